The van der Waals surface area contributed by atoms with Crippen LogP contribution < -0.4 is 10.1 Å². The van der Waals surface area contributed by atoms with Crippen LogP contribution in [-0.2, 0) is 4.79 Å². The van der Waals surface area contributed by atoms with E-state index in [0.717, 1.165) is 0 Å². The van der Waals surface area contributed by atoms with Gasteiger partial charge in [-0.05, 0) is 31.2 Å². The second kappa shape index (κ2) is 6.08. The highest BCUT2D eigenvalue weighted by atomic mass is 79.9. The predicted molar refractivity (Wildman–Crippen MR) is 65.0 cm³/mol. The summed E-state index contributed by atoms with van der Waals surface area (Å²) in [6.07, 6.45) is -4.36. The number of anilines is 1. The molecule has 1 N–H and O–H groups in total. The average molecular weight is 326 g/mol. The van der Waals surface area contributed by atoms with Gasteiger partial charge < -0.3 is 10.1 Å². The first kappa shape index (κ1) is 14.8. The average Bonchev–Trinajstić information content (AvgIpc) is 2.27. The molecule has 0 aliphatic heterocycles. The van der Waals surface area contributed by atoms with Crippen LogP contribution >= 0.6 is 15.9 Å². The van der Waals surface area contributed by atoms with Crippen molar-refractivity contribution in [2.75, 3.05) is 11.9 Å². The van der Waals surface area contributed by atoms with Gasteiger partial charge in [0.25, 0.3) is 0 Å². The monoisotopic (exact) mass is 325 g/mol. The maximum atomic E-state index is 11.9. The Hall–Kier alpha value is -1.24. The summed E-state index contributed by atoms with van der Waals surface area (Å²) in [6, 6.07) is 5.67. The molecule has 0 saturated heterocycles. The molecule has 0 heterocycles. The Kier molecular flexibility index (Phi) is 5.01. The van der Waals surface area contributed by atoms with Crippen molar-refractivity contribution < 1.29 is 22.7 Å². The molecular weight excluding hydrogens is 315 g/mol. The summed E-state index contributed by atoms with van der Waals surface area (Å²) >= 11 is 3.10. The van der Waals surface area contributed by atoms with E-state index >= 15 is 0 Å². The van der Waals surface area contributed by atoms with Crippen LogP contribution in [0.5, 0.6) is 5.75 Å². The van der Waals surface area contributed by atoms with Crippen LogP contribution in [0.25, 0.3) is 0 Å². The van der Waals surface area contributed by atoms with E-state index in [9.17, 15) is 18.0 Å². The molecule has 0 fully saturated rings. The summed E-state index contributed by atoms with van der Waals surface area (Å²) in [5, 5.41) is 2.58. The number of rotatable bonds is 4. The van der Waals surface area contributed by atoms with Gasteiger partial charge >= 0.3 is 6.18 Å². The highest BCUT2D eigenvalue weighted by molar-refractivity contribution is 9.10. The molecular formula is C11H11BrF3NO2. The van der Waals surface area contributed by atoms with Gasteiger partial charge in [-0.25, -0.2) is 0 Å². The van der Waals surface area contributed by atoms with E-state index in [1.54, 1.807) is 6.92 Å². The van der Waals surface area contributed by atoms with Gasteiger partial charge in [0.1, 0.15) is 5.75 Å². The topological polar surface area (TPSA) is 38.3 Å². The zero-order valence-electron chi connectivity index (χ0n) is 9.42. The quantitative estimate of drug-likeness (QED) is 0.862. The highest BCUT2D eigenvalue weighted by Gasteiger charge is 2.28. The molecule has 100 valence electrons. The summed E-state index contributed by atoms with van der Waals surface area (Å²) in [5.41, 5.74) is 0.491. The zero-order chi connectivity index (χ0) is 13.8. The number of ether oxygens (including phenoxy) is 1. The van der Waals surface area contributed by atoms with Crippen molar-refractivity contribution in [1.29, 1.82) is 0 Å². The van der Waals surface area contributed by atoms with Crippen LogP contribution in [0.4, 0.5) is 18.9 Å². The lowest BCUT2D eigenvalue weighted by molar-refractivity contribution is -0.153. The van der Waals surface area contributed by atoms with Gasteiger partial charge in [-0.3, -0.25) is 4.79 Å². The lowest BCUT2D eigenvalue weighted by Crippen LogP contribution is -2.20. The van der Waals surface area contributed by atoms with Gasteiger partial charge in [0.2, 0.25) is 5.91 Å². The smallest absolute Gasteiger partial charge is 0.422 e. The van der Waals surface area contributed by atoms with Crippen LogP contribution in [-0.4, -0.2) is 23.5 Å². The van der Waals surface area contributed by atoms with E-state index in [0.29, 0.717) is 5.69 Å². The minimum Gasteiger partial charge on any atom is -0.484 e. The molecule has 1 unspecified atom stereocenters. The molecule has 0 aliphatic rings. The van der Waals surface area contributed by atoms with E-state index in [2.05, 4.69) is 26.0 Å². The summed E-state index contributed by atoms with van der Waals surface area (Å²) < 4.78 is 40.2. The number of carbonyl (C=O) groups excluding carboxylic acids is 1. The van der Waals surface area contributed by atoms with Crippen LogP contribution in [0.3, 0.4) is 0 Å². The number of benzene rings is 1. The van der Waals surface area contributed by atoms with Gasteiger partial charge in [-0.1, -0.05) is 15.9 Å². The van der Waals surface area contributed by atoms with Crippen molar-refractivity contribution in [1.82, 2.24) is 0 Å². The fraction of sp³-hybridized carbons (Fsp3) is 0.364. The first-order valence-electron chi connectivity index (χ1n) is 5.02. The van der Waals surface area contributed by atoms with Gasteiger partial charge in [-0.15, -0.1) is 0 Å². The summed E-state index contributed by atoms with van der Waals surface area (Å²) in [6.45, 7) is 0.327. The number of alkyl halides is 4. The molecule has 0 bridgehead atoms. The molecule has 0 saturated carbocycles. The molecule has 1 rings (SSSR count). The molecule has 0 aromatic heterocycles. The third kappa shape index (κ3) is 5.39. The standard InChI is InChI=1S/C11H11BrF3NO2/c1-7(12)10(17)16-8-2-4-9(5-3-8)18-6-11(13,14)15/h2-5,7H,6H2,1H3,(H,16,17). The molecule has 0 radical (unpaired) electrons. The maximum Gasteiger partial charge on any atom is 0.422 e. The lowest BCUT2D eigenvalue weighted by Gasteiger charge is -2.10. The highest BCUT2D eigenvalue weighted by Crippen LogP contribution is 2.20. The number of amides is 1. The minimum atomic E-state index is -4.36. The van der Waals surface area contributed by atoms with E-state index in [1.807, 2.05) is 0 Å². The Bertz CT molecular complexity index is 404. The van der Waals surface area contributed by atoms with E-state index < -0.39 is 12.8 Å². The first-order chi connectivity index (χ1) is 8.28. The third-order valence-electron chi connectivity index (χ3n) is 1.89. The largest absolute Gasteiger partial charge is 0.484 e. The molecule has 1 aromatic rings. The molecule has 1 atom stereocenters. The Morgan fingerprint density at radius 2 is 1.94 bits per heavy atom. The lowest BCUT2D eigenvalue weighted by atomic mass is 10.3. The molecule has 7 heteroatoms. The van der Waals surface area contributed by atoms with Crippen LogP contribution in [0.1, 0.15) is 6.92 Å². The molecule has 18 heavy (non-hydrogen) atoms. The summed E-state index contributed by atoms with van der Waals surface area (Å²) in [4.78, 5) is 11.0. The number of nitrogens with one attached hydrogen (secondary N) is 1. The number of hydrogen-bond acceptors (Lipinski definition) is 2. The third-order valence-corrected chi connectivity index (χ3v) is 2.30. The van der Waals surface area contributed by atoms with Crippen molar-refractivity contribution in [3.05, 3.63) is 24.3 Å². The Balaban J connectivity index is 2.55. The fourth-order valence-corrected chi connectivity index (χ4v) is 1.16. The number of hydrogen-bond donors (Lipinski definition) is 1. The van der Waals surface area contributed by atoms with Crippen molar-refractivity contribution in [3.8, 4) is 5.75 Å². The second-order valence-electron chi connectivity index (χ2n) is 3.53. The van der Waals surface area contributed by atoms with E-state index in [-0.39, 0.29) is 16.5 Å². The zero-order valence-corrected chi connectivity index (χ0v) is 11.0. The fourth-order valence-electron chi connectivity index (χ4n) is 1.04. The molecule has 0 aliphatic carbocycles. The van der Waals surface area contributed by atoms with E-state index in [1.165, 1.54) is 24.3 Å². The van der Waals surface area contributed by atoms with Gasteiger partial charge in [-0.2, -0.15) is 13.2 Å². The van der Waals surface area contributed by atoms with E-state index in [4.69, 9.17) is 0 Å². The molecule has 3 nitrogen and oxygen atoms in total. The second-order valence-corrected chi connectivity index (χ2v) is 4.91. The first-order valence-corrected chi connectivity index (χ1v) is 5.94. The Labute approximate surface area is 110 Å². The van der Waals surface area contributed by atoms with Crippen LogP contribution in [0.15, 0.2) is 24.3 Å². The van der Waals surface area contributed by atoms with Crippen molar-refractivity contribution >= 4 is 27.5 Å². The number of halogens is 4. The van der Waals surface area contributed by atoms with Crippen molar-refractivity contribution in [2.45, 2.75) is 17.9 Å². The van der Waals surface area contributed by atoms with Gasteiger partial charge in [0.15, 0.2) is 6.61 Å². The molecule has 1 amide bonds. The van der Waals surface area contributed by atoms with Crippen molar-refractivity contribution in [3.63, 3.8) is 0 Å². The molecule has 0 spiro atoms. The summed E-state index contributed by atoms with van der Waals surface area (Å²) in [7, 11) is 0. The normalized spacial score (nSPS) is 12.9. The van der Waals surface area contributed by atoms with Gasteiger partial charge in [0.05, 0.1) is 4.83 Å². The van der Waals surface area contributed by atoms with Gasteiger partial charge in [0, 0.05) is 5.69 Å². The van der Waals surface area contributed by atoms with Crippen molar-refractivity contribution in [2.24, 2.45) is 0 Å². The Morgan fingerprint density at radius 3 is 2.39 bits per heavy atom. The number of carbonyl (C=O) groups is 1. The van der Waals surface area contributed by atoms with Crippen LogP contribution in [0.2, 0.25) is 0 Å². The van der Waals surface area contributed by atoms with Crippen LogP contribution in [0, 0.1) is 0 Å². The SMILES string of the molecule is CC(Br)C(=O)Nc1ccc(OCC(F)(F)F)cc1. The summed E-state index contributed by atoms with van der Waals surface area (Å²) in [5.74, 6) is -0.142. The predicted octanol–water partition coefficient (Wildman–Crippen LogP) is 3.35. The Morgan fingerprint density at radius 1 is 1.39 bits per heavy atom. The maximum absolute atomic E-state index is 11.9. The minimum absolute atomic E-state index is 0.0946. The molecule has 1 aromatic carbocycles.